The van der Waals surface area contributed by atoms with E-state index in [9.17, 15) is 13.9 Å². The van der Waals surface area contributed by atoms with Crippen LogP contribution in [0.5, 0.6) is 28.7 Å². The van der Waals surface area contributed by atoms with E-state index in [0.29, 0.717) is 17.9 Å². The number of hydrogen-bond acceptors (Lipinski definition) is 4. The predicted octanol–water partition coefficient (Wildman–Crippen LogP) is 7.15. The monoisotopic (exact) mass is 492 g/mol. The molecule has 1 atom stereocenters. The Kier molecular flexibility index (Phi) is 7.38. The fourth-order valence-electron chi connectivity index (χ4n) is 2.95. The second kappa shape index (κ2) is 10.0. The maximum absolute atomic E-state index is 13.3. The highest BCUT2D eigenvalue weighted by Crippen LogP contribution is 2.35. The average Bonchev–Trinajstić information content (AvgIpc) is 2.70. The zero-order chi connectivity index (χ0) is 22.4. The molecule has 0 aliphatic carbocycles. The molecule has 0 saturated carbocycles. The molecule has 0 saturated heterocycles. The molecule has 3 aromatic rings. The Labute approximate surface area is 188 Å². The van der Waals surface area contributed by atoms with Crippen LogP contribution in [0.25, 0.3) is 0 Å². The van der Waals surface area contributed by atoms with Gasteiger partial charge in [0.1, 0.15) is 23.4 Å². The Morgan fingerprint density at radius 2 is 1.58 bits per heavy atom. The SMILES string of the molecule is CC(C)C(Cc1cccc(Oc2ccc(O)cc2)c1)Oc1ccccc1OC(F)(F)Br. The minimum absolute atomic E-state index is 0.0422. The van der Waals surface area contributed by atoms with E-state index in [-0.39, 0.29) is 29.3 Å². The standard InChI is InChI=1S/C24H23BrF2O4/c1-16(2)23(30-21-8-3-4-9-22(21)31-24(25,26)27)15-17-6-5-7-20(14-17)29-19-12-10-18(28)11-13-19/h3-14,16,23,28H,15H2,1-2H3. The maximum Gasteiger partial charge on any atom is 0.459 e. The van der Waals surface area contributed by atoms with Gasteiger partial charge in [-0.05, 0) is 60.0 Å². The topological polar surface area (TPSA) is 47.9 Å². The summed E-state index contributed by atoms with van der Waals surface area (Å²) in [6.07, 6.45) is 0.265. The van der Waals surface area contributed by atoms with Crippen molar-refractivity contribution in [2.45, 2.75) is 31.4 Å². The van der Waals surface area contributed by atoms with E-state index < -0.39 is 5.02 Å². The summed E-state index contributed by atoms with van der Waals surface area (Å²) in [5.41, 5.74) is 0.971. The van der Waals surface area contributed by atoms with E-state index in [1.165, 1.54) is 6.07 Å². The maximum atomic E-state index is 13.3. The van der Waals surface area contributed by atoms with Gasteiger partial charge in [0, 0.05) is 22.4 Å². The number of para-hydroxylation sites is 2. The molecule has 4 nitrogen and oxygen atoms in total. The van der Waals surface area contributed by atoms with E-state index in [0.717, 1.165) is 5.56 Å². The third-order valence-corrected chi connectivity index (χ3v) is 4.67. The molecule has 0 aromatic heterocycles. The van der Waals surface area contributed by atoms with Crippen molar-refractivity contribution in [3.63, 3.8) is 0 Å². The molecule has 0 aliphatic rings. The zero-order valence-electron chi connectivity index (χ0n) is 17.1. The largest absolute Gasteiger partial charge is 0.508 e. The van der Waals surface area contributed by atoms with Crippen molar-refractivity contribution >= 4 is 15.9 Å². The van der Waals surface area contributed by atoms with E-state index in [4.69, 9.17) is 9.47 Å². The van der Waals surface area contributed by atoms with Crippen molar-refractivity contribution in [3.8, 4) is 28.7 Å². The molecule has 7 heteroatoms. The Bertz CT molecular complexity index is 987. The van der Waals surface area contributed by atoms with Crippen molar-refractivity contribution in [1.82, 2.24) is 0 Å². The molecule has 31 heavy (non-hydrogen) atoms. The minimum atomic E-state index is -3.49. The van der Waals surface area contributed by atoms with Gasteiger partial charge in [-0.15, -0.1) is 0 Å². The van der Waals surface area contributed by atoms with Gasteiger partial charge in [-0.3, -0.25) is 0 Å². The number of ether oxygens (including phenoxy) is 3. The van der Waals surface area contributed by atoms with Gasteiger partial charge in [0.05, 0.1) is 0 Å². The zero-order valence-corrected chi connectivity index (χ0v) is 18.7. The lowest BCUT2D eigenvalue weighted by molar-refractivity contribution is -0.0823. The van der Waals surface area contributed by atoms with Crippen molar-refractivity contribution < 1.29 is 28.1 Å². The molecule has 1 unspecified atom stereocenters. The Morgan fingerprint density at radius 3 is 2.23 bits per heavy atom. The van der Waals surface area contributed by atoms with Crippen LogP contribution in [0.3, 0.4) is 0 Å². The van der Waals surface area contributed by atoms with Gasteiger partial charge in [0.2, 0.25) is 0 Å². The highest BCUT2D eigenvalue weighted by molar-refractivity contribution is 9.09. The number of phenols is 1. The summed E-state index contributed by atoms with van der Waals surface area (Å²) in [5, 5.41) is 5.91. The first-order valence-electron chi connectivity index (χ1n) is 9.77. The molecule has 0 amide bonds. The molecular weight excluding hydrogens is 470 g/mol. The molecule has 0 heterocycles. The van der Waals surface area contributed by atoms with Crippen LogP contribution in [0.4, 0.5) is 8.78 Å². The van der Waals surface area contributed by atoms with E-state index in [1.807, 2.05) is 38.1 Å². The normalized spacial score (nSPS) is 12.5. The summed E-state index contributed by atoms with van der Waals surface area (Å²) in [4.78, 5) is 0. The van der Waals surface area contributed by atoms with Gasteiger partial charge in [-0.2, -0.15) is 8.78 Å². The van der Waals surface area contributed by atoms with Gasteiger partial charge in [-0.25, -0.2) is 0 Å². The summed E-state index contributed by atoms with van der Waals surface area (Å²) < 4.78 is 43.2. The number of benzene rings is 3. The number of aromatic hydroxyl groups is 1. The highest BCUT2D eigenvalue weighted by atomic mass is 79.9. The molecule has 0 aliphatic heterocycles. The summed E-state index contributed by atoms with van der Waals surface area (Å²) >= 11 is 2.20. The number of rotatable bonds is 9. The van der Waals surface area contributed by atoms with Crippen LogP contribution in [0.2, 0.25) is 0 Å². The molecule has 3 aromatic carbocycles. The summed E-state index contributed by atoms with van der Waals surface area (Å²) in [6, 6.07) is 20.4. The Morgan fingerprint density at radius 1 is 0.903 bits per heavy atom. The van der Waals surface area contributed by atoms with Crippen LogP contribution in [-0.4, -0.2) is 16.2 Å². The first-order chi connectivity index (χ1) is 14.7. The van der Waals surface area contributed by atoms with Gasteiger partial charge < -0.3 is 19.3 Å². The van der Waals surface area contributed by atoms with Crippen LogP contribution in [0.1, 0.15) is 19.4 Å². The van der Waals surface area contributed by atoms with Crippen molar-refractivity contribution in [3.05, 3.63) is 78.4 Å². The molecule has 0 radical (unpaired) electrons. The van der Waals surface area contributed by atoms with Crippen molar-refractivity contribution in [1.29, 1.82) is 0 Å². The fraction of sp³-hybridized carbons (Fsp3) is 0.250. The summed E-state index contributed by atoms with van der Waals surface area (Å²) in [6.45, 7) is 4.01. The minimum Gasteiger partial charge on any atom is -0.508 e. The number of halogens is 3. The number of hydrogen-bond donors (Lipinski definition) is 1. The highest BCUT2D eigenvalue weighted by Gasteiger charge is 2.29. The lowest BCUT2D eigenvalue weighted by Gasteiger charge is -2.25. The first-order valence-corrected chi connectivity index (χ1v) is 10.6. The smallest absolute Gasteiger partial charge is 0.459 e. The second-order valence-electron chi connectivity index (χ2n) is 7.34. The average molecular weight is 493 g/mol. The quantitative estimate of drug-likeness (QED) is 0.322. The van der Waals surface area contributed by atoms with Gasteiger partial charge in [0.15, 0.2) is 11.5 Å². The van der Waals surface area contributed by atoms with Crippen LogP contribution in [0, 0.1) is 5.92 Å². The van der Waals surface area contributed by atoms with Gasteiger partial charge in [0.25, 0.3) is 0 Å². The number of alkyl halides is 3. The van der Waals surface area contributed by atoms with Gasteiger partial charge in [-0.1, -0.05) is 38.1 Å². The molecule has 0 bridgehead atoms. The van der Waals surface area contributed by atoms with Gasteiger partial charge >= 0.3 is 5.02 Å². The first kappa shape index (κ1) is 22.9. The lowest BCUT2D eigenvalue weighted by atomic mass is 9.99. The predicted molar refractivity (Wildman–Crippen MR) is 119 cm³/mol. The molecule has 164 valence electrons. The van der Waals surface area contributed by atoms with Crippen LogP contribution >= 0.6 is 15.9 Å². The van der Waals surface area contributed by atoms with E-state index >= 15 is 0 Å². The van der Waals surface area contributed by atoms with Crippen LogP contribution in [0.15, 0.2) is 72.8 Å². The molecule has 0 spiro atoms. The lowest BCUT2D eigenvalue weighted by Crippen LogP contribution is -2.26. The van der Waals surface area contributed by atoms with Crippen molar-refractivity contribution in [2.75, 3.05) is 0 Å². The van der Waals surface area contributed by atoms with Crippen molar-refractivity contribution in [2.24, 2.45) is 5.92 Å². The number of phenolic OH excluding ortho intramolecular Hbond substituents is 1. The third-order valence-electron chi connectivity index (χ3n) is 4.50. The molecule has 0 fully saturated rings. The summed E-state index contributed by atoms with van der Waals surface area (Å²) in [5.74, 6) is 1.73. The molecule has 3 rings (SSSR count). The Hall–Kier alpha value is -2.80. The van der Waals surface area contributed by atoms with E-state index in [2.05, 4.69) is 20.7 Å². The second-order valence-corrected chi connectivity index (χ2v) is 8.27. The molecule has 1 N–H and O–H groups in total. The van der Waals surface area contributed by atoms with Crippen LogP contribution in [-0.2, 0) is 6.42 Å². The third kappa shape index (κ3) is 7.14. The van der Waals surface area contributed by atoms with Crippen LogP contribution < -0.4 is 14.2 Å². The fourth-order valence-corrected chi connectivity index (χ4v) is 3.13. The Balaban J connectivity index is 1.75. The van der Waals surface area contributed by atoms with E-state index in [1.54, 1.807) is 42.5 Å². The summed E-state index contributed by atoms with van der Waals surface area (Å²) in [7, 11) is 0. The molecular formula is C24H23BrF2O4.